The van der Waals surface area contributed by atoms with Gasteiger partial charge in [0, 0.05) is 0 Å². The van der Waals surface area contributed by atoms with Gasteiger partial charge in [0.25, 0.3) is 0 Å². The van der Waals surface area contributed by atoms with Crippen LogP contribution in [0.1, 0.15) is 263 Å². The van der Waals surface area contributed by atoms with Crippen molar-refractivity contribution in [1.82, 2.24) is 0 Å². The molecule has 10 aliphatic carbocycles. The van der Waals surface area contributed by atoms with Gasteiger partial charge in [-0.3, -0.25) is 0 Å². The molecule has 10 rings (SSSR count). The second-order valence-corrected chi connectivity index (χ2v) is 11.0. The van der Waals surface area contributed by atoms with Gasteiger partial charge in [-0.25, -0.2) is 0 Å². The fourth-order valence-electron chi connectivity index (χ4n) is 0.250. The Kier molecular flexibility index (Phi) is 77.1. The van der Waals surface area contributed by atoms with Crippen LogP contribution in [0.25, 0.3) is 0 Å². The van der Waals surface area contributed by atoms with E-state index in [4.69, 9.17) is 0 Å². The first-order valence-corrected chi connectivity index (χ1v) is 18.5. The van der Waals surface area contributed by atoms with Crippen LogP contribution in [0, 0.1) is 0 Å². The van der Waals surface area contributed by atoms with E-state index in [0.29, 0.717) is 0 Å². The molecule has 0 radical (unpaired) electrons. The molecule has 0 heteroatoms. The fourth-order valence-corrected chi connectivity index (χ4v) is 0.250. The molecule has 0 saturated heterocycles. The summed E-state index contributed by atoms with van der Waals surface area (Å²) in [6, 6.07) is 0. The number of hydrogen-bond acceptors (Lipinski definition) is 0. The zero-order chi connectivity index (χ0) is 27.9. The smallest absolute Gasteiger partial charge is 0.0533 e. The van der Waals surface area contributed by atoms with Gasteiger partial charge in [-0.1, -0.05) is 263 Å². The van der Waals surface area contributed by atoms with Gasteiger partial charge < -0.3 is 0 Å². The van der Waals surface area contributed by atoms with E-state index in [1.54, 1.807) is 0 Å². The van der Waals surface area contributed by atoms with Gasteiger partial charge in [0.1, 0.15) is 0 Å². The van der Waals surface area contributed by atoms with Gasteiger partial charge in [0.2, 0.25) is 0 Å². The van der Waals surface area contributed by atoms with Crippen molar-refractivity contribution < 1.29 is 0 Å². The molecule has 0 heterocycles. The van der Waals surface area contributed by atoms with Crippen LogP contribution in [0.2, 0.25) is 0 Å². The predicted octanol–water partition coefficient (Wildman–Crippen LogP) is 17.1. The molecule has 10 saturated carbocycles. The Morgan fingerprint density at radius 3 is 0.150 bits per heavy atom. The summed E-state index contributed by atoms with van der Waals surface area (Å²) in [6.45, 7) is 12.0. The molecule has 0 atom stereocenters. The molecule has 0 amide bonds. The minimum Gasteiger partial charge on any atom is -0.0776 e. The van der Waals surface area contributed by atoms with Crippen LogP contribution in [0.4, 0.5) is 0 Å². The van der Waals surface area contributed by atoms with Crippen LogP contribution in [0.5, 0.6) is 0 Å². The Labute approximate surface area is 262 Å². The summed E-state index contributed by atoms with van der Waals surface area (Å²) in [5.74, 6) is 0. The highest BCUT2D eigenvalue weighted by Crippen LogP contribution is 2.17. The molecular weight excluding hydrogens is 480 g/mol. The second-order valence-electron chi connectivity index (χ2n) is 11.0. The van der Waals surface area contributed by atoms with Crippen molar-refractivity contribution >= 4 is 0 Å². The van der Waals surface area contributed by atoms with Crippen molar-refractivity contribution in [3.63, 3.8) is 0 Å². The number of rotatable bonds is 0. The first kappa shape index (κ1) is 52.6. The monoisotopic (exact) mass is 573 g/mol. The average molecular weight is 573 g/mol. The first-order valence-electron chi connectivity index (χ1n) is 18.5. The van der Waals surface area contributed by atoms with Crippen LogP contribution < -0.4 is 0 Å². The summed E-state index contributed by atoms with van der Waals surface area (Å²) in [5.41, 5.74) is 0. The van der Waals surface area contributed by atoms with E-state index < -0.39 is 0 Å². The minimum absolute atomic E-state index is 0. The largest absolute Gasteiger partial charge is 0.0776 e. The third kappa shape index (κ3) is 308. The molecule has 0 spiro atoms. The molecule has 10 aliphatic rings. The second kappa shape index (κ2) is 58.6. The van der Waals surface area contributed by atoms with E-state index in [1.165, 1.54) is 199 Å². The van der Waals surface area contributed by atoms with E-state index >= 15 is 0 Å². The Balaban J connectivity index is -0.0000000782. The highest BCUT2D eigenvalue weighted by Gasteiger charge is 1.97. The lowest BCUT2D eigenvalue weighted by atomic mass is 10.0. The van der Waals surface area contributed by atoms with E-state index in [9.17, 15) is 0 Å². The van der Waals surface area contributed by atoms with Crippen molar-refractivity contribution in [3.8, 4) is 0 Å². The molecule has 0 bridgehead atoms. The molecule has 0 unspecified atom stereocenters. The highest BCUT2D eigenvalue weighted by atomic mass is 14.0. The van der Waals surface area contributed by atoms with Crippen LogP contribution in [0.15, 0.2) is 0 Å². The Bertz CT molecular complexity index is 171. The zero-order valence-corrected chi connectivity index (χ0v) is 27.9. The van der Waals surface area contributed by atoms with Crippen molar-refractivity contribution in [1.29, 1.82) is 0 Å². The summed E-state index contributed by atoms with van der Waals surface area (Å²) in [6.07, 6.45) is 46.5. The summed E-state index contributed by atoms with van der Waals surface area (Å²) in [5, 5.41) is 0. The molecule has 0 aromatic rings. The molecule has 0 aliphatic heterocycles. The third-order valence-electron chi connectivity index (χ3n) is 4.18. The van der Waals surface area contributed by atoms with Crippen LogP contribution in [-0.2, 0) is 0 Å². The average Bonchev–Trinajstić information content (AvgIpc) is 3.81. The summed E-state index contributed by atoms with van der Waals surface area (Å²) in [4.78, 5) is 0. The van der Waals surface area contributed by atoms with Crippen molar-refractivity contribution in [2.75, 3.05) is 0 Å². The lowest BCUT2D eigenvalue weighted by Crippen LogP contribution is -1.85. The SMILES string of the molecule is C.C.C.C1CC1.C1CC1.C1CC1.C1CC1.C1CC1.C1CC1.C1CC1.C1CC1.C1CC1.C1CCC1.CC.CC.CC. The van der Waals surface area contributed by atoms with Gasteiger partial charge in [-0.05, 0) is 0 Å². The topological polar surface area (TPSA) is 0 Å². The number of hydrogen-bond donors (Lipinski definition) is 0. The van der Waals surface area contributed by atoms with Gasteiger partial charge in [0.05, 0.1) is 0 Å². The van der Waals surface area contributed by atoms with Gasteiger partial charge in [0.15, 0.2) is 0 Å². The Hall–Kier alpha value is 0. The molecule has 40 heavy (non-hydrogen) atoms. The maximum atomic E-state index is 2.00. The minimum atomic E-state index is 0. The zero-order valence-electron chi connectivity index (χ0n) is 27.9. The van der Waals surface area contributed by atoms with Crippen molar-refractivity contribution in [2.24, 2.45) is 0 Å². The fraction of sp³-hybridized carbons (Fsp3) is 1.00. The standard InChI is InChI=1S/C4H8.9C3H6.3C2H6.3CH4/c1-2-4-3-1;9*1-2-3-1;3*1-2;;;/h1-4H2;9*1-3H2;3*1-2H3;3*1H4. The summed E-state index contributed by atoms with van der Waals surface area (Å²) >= 11 is 0. The lowest BCUT2D eigenvalue weighted by molar-refractivity contribution is 0.504. The Morgan fingerprint density at radius 2 is 0.150 bits per heavy atom. The normalized spacial score (nSPS) is 19.1. The summed E-state index contributed by atoms with van der Waals surface area (Å²) in [7, 11) is 0. The Morgan fingerprint density at radius 1 is 0.125 bits per heavy atom. The van der Waals surface area contributed by atoms with E-state index in [-0.39, 0.29) is 22.3 Å². The van der Waals surface area contributed by atoms with Gasteiger partial charge in [-0.15, -0.1) is 0 Å². The predicted molar refractivity (Wildman–Crippen MR) is 197 cm³/mol. The van der Waals surface area contributed by atoms with E-state index in [1.807, 2.05) is 41.5 Å². The van der Waals surface area contributed by atoms with E-state index in [2.05, 4.69) is 0 Å². The van der Waals surface area contributed by atoms with Crippen LogP contribution in [0.3, 0.4) is 0 Å². The maximum Gasteiger partial charge on any atom is -0.0533 e. The molecule has 252 valence electrons. The molecule has 0 aromatic carbocycles. The molecule has 0 nitrogen and oxygen atoms in total. The van der Waals surface area contributed by atoms with E-state index in [0.717, 1.165) is 0 Å². The van der Waals surface area contributed by atoms with Crippen molar-refractivity contribution in [2.45, 2.75) is 263 Å². The highest BCUT2D eigenvalue weighted by molar-refractivity contribution is 4.53. The van der Waals surface area contributed by atoms with Crippen molar-refractivity contribution in [3.05, 3.63) is 0 Å². The molecule has 10 fully saturated rings. The molecule has 0 aromatic heterocycles. The molecular formula is C40H92. The summed E-state index contributed by atoms with van der Waals surface area (Å²) < 4.78 is 0. The molecule has 0 N–H and O–H groups in total. The lowest BCUT2D eigenvalue weighted by Gasteiger charge is -2.05. The van der Waals surface area contributed by atoms with Crippen LogP contribution in [-0.4, -0.2) is 0 Å². The first-order chi connectivity index (χ1) is 18.5. The maximum absolute atomic E-state index is 2.00. The quantitative estimate of drug-likeness (QED) is 0.271. The van der Waals surface area contributed by atoms with Gasteiger partial charge in [-0.2, -0.15) is 0 Å². The van der Waals surface area contributed by atoms with Crippen LogP contribution >= 0.6 is 0 Å². The third-order valence-corrected chi connectivity index (χ3v) is 4.18. The van der Waals surface area contributed by atoms with Gasteiger partial charge >= 0.3 is 0 Å².